The lowest BCUT2D eigenvalue weighted by molar-refractivity contribution is -0.141. The summed E-state index contributed by atoms with van der Waals surface area (Å²) >= 11 is 0. The summed E-state index contributed by atoms with van der Waals surface area (Å²) in [5.74, 6) is 6.33. The highest BCUT2D eigenvalue weighted by molar-refractivity contribution is 6.74. The van der Waals surface area contributed by atoms with Crippen molar-refractivity contribution in [2.75, 3.05) is 0 Å². The third-order valence-corrected chi connectivity index (χ3v) is 10.1. The van der Waals surface area contributed by atoms with Crippen molar-refractivity contribution < 1.29 is 14.0 Å². The average Bonchev–Trinajstić information content (AvgIpc) is 3.31. The number of allylic oxidation sites excluding steroid dienone is 4. The molecular weight excluding hydrogens is 364 g/mol. The molecule has 0 aromatic rings. The number of hydrogen-bond acceptors (Lipinski definition) is 3. The first kappa shape index (κ1) is 24.5. The van der Waals surface area contributed by atoms with Crippen molar-refractivity contribution in [1.29, 1.82) is 0 Å². The molecule has 1 fully saturated rings. The first-order chi connectivity index (χ1) is 13.0. The number of ether oxygens (including phenoxy) is 1. The largest absolute Gasteiger partial charge is 0.453 e. The highest BCUT2D eigenvalue weighted by Gasteiger charge is 2.38. The zero-order valence-corrected chi connectivity index (χ0v) is 19.7. The Labute approximate surface area is 173 Å². The van der Waals surface area contributed by atoms with E-state index in [0.717, 1.165) is 12.8 Å². The molecule has 0 aromatic heterocycles. The Balaban J connectivity index is 2.61. The number of hydrogen-bond donors (Lipinski definition) is 0. The summed E-state index contributed by atoms with van der Waals surface area (Å²) in [5, 5.41) is 0.119. The van der Waals surface area contributed by atoms with Gasteiger partial charge < -0.3 is 9.16 Å². The SMILES string of the molecule is C=C[C@H]1C[C@@H]1C[C@H](C)OC(=O)C#CCC(/C=C/C=C/C)O[Si](C)(C)C(C)(C)C. The fourth-order valence-corrected chi connectivity index (χ4v) is 4.02. The summed E-state index contributed by atoms with van der Waals surface area (Å²) in [5.41, 5.74) is 0. The van der Waals surface area contributed by atoms with Crippen LogP contribution in [0.1, 0.15) is 53.9 Å². The van der Waals surface area contributed by atoms with Gasteiger partial charge in [0, 0.05) is 12.3 Å². The van der Waals surface area contributed by atoms with Crippen molar-refractivity contribution in [2.24, 2.45) is 11.8 Å². The van der Waals surface area contributed by atoms with Crippen molar-refractivity contribution >= 4 is 14.3 Å². The Bertz CT molecular complexity index is 643. The molecule has 0 spiro atoms. The van der Waals surface area contributed by atoms with Gasteiger partial charge in [0.15, 0.2) is 8.32 Å². The summed E-state index contributed by atoms with van der Waals surface area (Å²) in [4.78, 5) is 12.0. The van der Waals surface area contributed by atoms with E-state index >= 15 is 0 Å². The minimum Gasteiger partial charge on any atom is -0.453 e. The molecule has 0 amide bonds. The summed E-state index contributed by atoms with van der Waals surface area (Å²) in [6.45, 7) is 18.8. The Hall–Kier alpha value is -1.57. The fraction of sp³-hybridized carbons (Fsp3) is 0.625. The Kier molecular flexibility index (Phi) is 9.46. The van der Waals surface area contributed by atoms with Crippen molar-refractivity contribution in [3.8, 4) is 11.8 Å². The van der Waals surface area contributed by atoms with Gasteiger partial charge in [-0.25, -0.2) is 4.79 Å². The van der Waals surface area contributed by atoms with Crippen LogP contribution in [0.4, 0.5) is 0 Å². The van der Waals surface area contributed by atoms with Crippen LogP contribution in [0.3, 0.4) is 0 Å². The molecule has 0 bridgehead atoms. The van der Waals surface area contributed by atoms with E-state index in [4.69, 9.17) is 9.16 Å². The lowest BCUT2D eigenvalue weighted by atomic mass is 10.1. The molecule has 0 heterocycles. The van der Waals surface area contributed by atoms with Gasteiger partial charge in [-0.15, -0.1) is 6.58 Å². The molecule has 156 valence electrons. The Morgan fingerprint density at radius 2 is 2.00 bits per heavy atom. The smallest absolute Gasteiger partial charge is 0.384 e. The molecule has 0 saturated heterocycles. The van der Waals surface area contributed by atoms with E-state index in [1.54, 1.807) is 0 Å². The molecule has 4 atom stereocenters. The van der Waals surface area contributed by atoms with Gasteiger partial charge in [0.05, 0.1) is 6.10 Å². The molecule has 1 aliphatic carbocycles. The molecule has 0 aliphatic heterocycles. The minimum atomic E-state index is -1.92. The third-order valence-electron chi connectivity index (χ3n) is 5.60. The molecule has 28 heavy (non-hydrogen) atoms. The maximum atomic E-state index is 12.0. The van der Waals surface area contributed by atoms with Gasteiger partial charge in [-0.2, -0.15) is 0 Å². The van der Waals surface area contributed by atoms with Gasteiger partial charge in [0.1, 0.15) is 6.10 Å². The van der Waals surface area contributed by atoms with Crippen LogP contribution in [0.5, 0.6) is 0 Å². The van der Waals surface area contributed by atoms with Gasteiger partial charge in [-0.1, -0.05) is 57.1 Å². The van der Waals surface area contributed by atoms with Crippen LogP contribution in [0.25, 0.3) is 0 Å². The van der Waals surface area contributed by atoms with Crippen LogP contribution in [-0.4, -0.2) is 26.5 Å². The van der Waals surface area contributed by atoms with E-state index in [9.17, 15) is 4.79 Å². The summed E-state index contributed by atoms with van der Waals surface area (Å²) < 4.78 is 11.9. The standard InChI is InChI=1S/C24H38O3Si/c1-9-11-12-14-22(27-28(7,8)24(4,5)6)15-13-16-23(25)26-19(3)17-21-18-20(21)10-2/h9-12,14,19-22H,2,15,17-18H2,1,3-8H3/b11-9+,14-12+/t19-,20-,21-,22?/m0/s1. The summed E-state index contributed by atoms with van der Waals surface area (Å²) in [6.07, 6.45) is 12.2. The van der Waals surface area contributed by atoms with Crippen LogP contribution < -0.4 is 0 Å². The lowest BCUT2D eigenvalue weighted by Gasteiger charge is -2.38. The third kappa shape index (κ3) is 8.62. The van der Waals surface area contributed by atoms with Crippen LogP contribution in [0.15, 0.2) is 37.0 Å². The molecule has 0 aromatic carbocycles. The molecular formula is C24H38O3Si. The van der Waals surface area contributed by atoms with Crippen LogP contribution in [0, 0.1) is 23.7 Å². The minimum absolute atomic E-state index is 0.106. The highest BCUT2D eigenvalue weighted by Crippen LogP contribution is 2.43. The molecule has 1 rings (SSSR count). The Morgan fingerprint density at radius 3 is 2.54 bits per heavy atom. The van der Waals surface area contributed by atoms with E-state index in [2.05, 4.69) is 52.3 Å². The van der Waals surface area contributed by atoms with Crippen LogP contribution >= 0.6 is 0 Å². The number of carbonyl (C=O) groups excluding carboxylic acids is 1. The molecule has 1 saturated carbocycles. The summed E-state index contributed by atoms with van der Waals surface area (Å²) in [6, 6.07) is 0. The average molecular weight is 403 g/mol. The molecule has 0 N–H and O–H groups in total. The molecule has 0 radical (unpaired) electrons. The van der Waals surface area contributed by atoms with Crippen molar-refractivity contribution in [3.05, 3.63) is 37.0 Å². The van der Waals surface area contributed by atoms with E-state index in [0.29, 0.717) is 18.3 Å². The topological polar surface area (TPSA) is 35.5 Å². The molecule has 1 unspecified atom stereocenters. The van der Waals surface area contributed by atoms with Gasteiger partial charge in [-0.3, -0.25) is 0 Å². The second kappa shape index (κ2) is 10.8. The fourth-order valence-electron chi connectivity index (χ4n) is 2.74. The van der Waals surface area contributed by atoms with Crippen molar-refractivity contribution in [1.82, 2.24) is 0 Å². The van der Waals surface area contributed by atoms with Crippen molar-refractivity contribution in [3.63, 3.8) is 0 Å². The maximum absolute atomic E-state index is 12.0. The van der Waals surface area contributed by atoms with Gasteiger partial charge in [0.25, 0.3) is 0 Å². The van der Waals surface area contributed by atoms with E-state index < -0.39 is 14.3 Å². The number of carbonyl (C=O) groups is 1. The van der Waals surface area contributed by atoms with E-state index in [-0.39, 0.29) is 17.2 Å². The zero-order valence-electron chi connectivity index (χ0n) is 18.7. The summed E-state index contributed by atoms with van der Waals surface area (Å²) in [7, 11) is -1.92. The van der Waals surface area contributed by atoms with Gasteiger partial charge >= 0.3 is 5.97 Å². The number of rotatable bonds is 9. The van der Waals surface area contributed by atoms with E-state index in [1.165, 1.54) is 0 Å². The first-order valence-electron chi connectivity index (χ1n) is 10.3. The predicted molar refractivity (Wildman–Crippen MR) is 120 cm³/mol. The zero-order chi connectivity index (χ0) is 21.4. The first-order valence-corrected chi connectivity index (χ1v) is 13.2. The van der Waals surface area contributed by atoms with Crippen LogP contribution in [-0.2, 0) is 14.0 Å². The number of esters is 1. The lowest BCUT2D eigenvalue weighted by Crippen LogP contribution is -2.43. The Morgan fingerprint density at radius 1 is 1.32 bits per heavy atom. The molecule has 4 heteroatoms. The normalized spacial score (nSPS) is 21.8. The van der Waals surface area contributed by atoms with Gasteiger partial charge in [0.2, 0.25) is 0 Å². The molecule has 1 aliphatic rings. The maximum Gasteiger partial charge on any atom is 0.384 e. The monoisotopic (exact) mass is 402 g/mol. The van der Waals surface area contributed by atoms with E-state index in [1.807, 2.05) is 44.2 Å². The second-order valence-corrected chi connectivity index (χ2v) is 13.9. The quantitative estimate of drug-likeness (QED) is 0.118. The highest BCUT2D eigenvalue weighted by atomic mass is 28.4. The van der Waals surface area contributed by atoms with Gasteiger partial charge in [-0.05, 0) is 56.7 Å². The van der Waals surface area contributed by atoms with Crippen molar-refractivity contribution in [2.45, 2.75) is 84.2 Å². The van der Waals surface area contributed by atoms with Crippen LogP contribution in [0.2, 0.25) is 18.1 Å². The molecule has 3 nitrogen and oxygen atoms in total. The second-order valence-electron chi connectivity index (χ2n) is 9.18. The predicted octanol–water partition coefficient (Wildman–Crippen LogP) is 6.05.